The minimum atomic E-state index is -0.838. The van der Waals surface area contributed by atoms with E-state index in [1.165, 1.54) is 0 Å². The lowest BCUT2D eigenvalue weighted by Gasteiger charge is -2.10. The molecule has 0 saturated carbocycles. The molecule has 0 unspecified atom stereocenters. The molecule has 0 rings (SSSR count). The largest absolute Gasteiger partial charge is 0.501 e. The summed E-state index contributed by atoms with van der Waals surface area (Å²) in [6.45, 7) is 7.16. The highest BCUT2D eigenvalue weighted by molar-refractivity contribution is 6.09. The molecule has 22 heavy (non-hydrogen) atoms. The Labute approximate surface area is 129 Å². The summed E-state index contributed by atoms with van der Waals surface area (Å²) in [5.74, 6) is -2.40. The van der Waals surface area contributed by atoms with Gasteiger partial charge in [-0.3, -0.25) is 0 Å². The minimum Gasteiger partial charge on any atom is -0.501 e. The lowest BCUT2D eigenvalue weighted by atomic mass is 10.1. The van der Waals surface area contributed by atoms with Gasteiger partial charge in [0, 0.05) is 6.08 Å². The number of carbonyl (C=O) groups excluding carboxylic acids is 3. The molecule has 0 aromatic carbocycles. The maximum absolute atomic E-state index is 12.0. The maximum Gasteiger partial charge on any atom is 0.342 e. The van der Waals surface area contributed by atoms with Crippen molar-refractivity contribution in [3.8, 4) is 0 Å². The number of ether oxygens (including phenoxy) is 4. The van der Waals surface area contributed by atoms with Crippen molar-refractivity contribution in [1.29, 1.82) is 0 Å². The van der Waals surface area contributed by atoms with Crippen molar-refractivity contribution in [3.63, 3.8) is 0 Å². The SMILES string of the molecule is CCOC=C(C(=O)OCC)C(=CC(=O)OCC)C(=O)OCC. The van der Waals surface area contributed by atoms with Crippen molar-refractivity contribution >= 4 is 17.9 Å². The Balaban J connectivity index is 5.68. The Morgan fingerprint density at radius 2 is 1.23 bits per heavy atom. The standard InChI is InChI=1S/C15H22O7/c1-5-19-10-12(15(18)22-8-4)11(14(17)21-7-3)9-13(16)20-6-2/h9-10H,5-8H2,1-4H3. The fourth-order valence-electron chi connectivity index (χ4n) is 1.35. The van der Waals surface area contributed by atoms with Crippen molar-refractivity contribution in [2.75, 3.05) is 26.4 Å². The average molecular weight is 314 g/mol. The predicted octanol–water partition coefficient (Wildman–Crippen LogP) is 1.52. The van der Waals surface area contributed by atoms with Gasteiger partial charge < -0.3 is 18.9 Å². The molecule has 0 aromatic rings. The quantitative estimate of drug-likeness (QED) is 0.210. The van der Waals surface area contributed by atoms with Gasteiger partial charge in [-0.25, -0.2) is 14.4 Å². The fraction of sp³-hybridized carbons (Fsp3) is 0.533. The number of carbonyl (C=O) groups is 3. The summed E-state index contributed by atoms with van der Waals surface area (Å²) in [4.78, 5) is 35.6. The molecule has 0 aromatic heterocycles. The van der Waals surface area contributed by atoms with Crippen LogP contribution in [-0.2, 0) is 33.3 Å². The van der Waals surface area contributed by atoms with Gasteiger partial charge in [-0.1, -0.05) is 0 Å². The second kappa shape index (κ2) is 11.4. The Kier molecular flexibility index (Phi) is 10.2. The maximum atomic E-state index is 12.0. The van der Waals surface area contributed by atoms with Gasteiger partial charge in [0.25, 0.3) is 0 Å². The van der Waals surface area contributed by atoms with Gasteiger partial charge in [0.1, 0.15) is 5.57 Å². The first-order valence-corrected chi connectivity index (χ1v) is 7.06. The molecule has 124 valence electrons. The molecular weight excluding hydrogens is 292 g/mol. The van der Waals surface area contributed by atoms with Crippen LogP contribution in [0.5, 0.6) is 0 Å². The number of esters is 3. The molecule has 0 saturated heterocycles. The second-order valence-electron chi connectivity index (χ2n) is 3.74. The molecule has 7 nitrogen and oxygen atoms in total. The van der Waals surface area contributed by atoms with Crippen LogP contribution in [0.2, 0.25) is 0 Å². The van der Waals surface area contributed by atoms with Crippen LogP contribution in [0.4, 0.5) is 0 Å². The van der Waals surface area contributed by atoms with Crippen LogP contribution in [0.1, 0.15) is 27.7 Å². The average Bonchev–Trinajstić information content (AvgIpc) is 2.47. The van der Waals surface area contributed by atoms with Crippen LogP contribution in [-0.4, -0.2) is 44.3 Å². The van der Waals surface area contributed by atoms with E-state index in [2.05, 4.69) is 0 Å². The van der Waals surface area contributed by atoms with Gasteiger partial charge >= 0.3 is 17.9 Å². The molecule has 0 bridgehead atoms. The third kappa shape index (κ3) is 6.92. The molecule has 0 aliphatic rings. The zero-order valence-electron chi connectivity index (χ0n) is 13.3. The molecular formula is C15H22O7. The molecule has 0 fully saturated rings. The summed E-state index contributed by atoms with van der Waals surface area (Å²) in [5, 5.41) is 0. The number of hydrogen-bond donors (Lipinski definition) is 0. The minimum absolute atomic E-state index is 0.0870. The molecule has 0 radical (unpaired) electrons. The molecule has 0 amide bonds. The van der Waals surface area contributed by atoms with Crippen LogP contribution < -0.4 is 0 Å². The van der Waals surface area contributed by atoms with Crippen molar-refractivity contribution in [2.45, 2.75) is 27.7 Å². The summed E-state index contributed by atoms with van der Waals surface area (Å²) in [5.41, 5.74) is -0.470. The van der Waals surface area contributed by atoms with E-state index >= 15 is 0 Å². The highest BCUT2D eigenvalue weighted by atomic mass is 16.5. The molecule has 0 aliphatic carbocycles. The van der Waals surface area contributed by atoms with Crippen LogP contribution in [0.15, 0.2) is 23.5 Å². The first kappa shape index (κ1) is 19.7. The van der Waals surface area contributed by atoms with Crippen molar-refractivity contribution in [2.24, 2.45) is 0 Å². The molecule has 0 N–H and O–H groups in total. The van der Waals surface area contributed by atoms with Gasteiger partial charge in [-0.05, 0) is 27.7 Å². The highest BCUT2D eigenvalue weighted by Crippen LogP contribution is 2.15. The first-order valence-electron chi connectivity index (χ1n) is 7.06. The summed E-state index contributed by atoms with van der Waals surface area (Å²) < 4.78 is 19.5. The molecule has 0 atom stereocenters. The molecule has 0 aliphatic heterocycles. The third-order valence-electron chi connectivity index (χ3n) is 2.20. The summed E-state index contributed by atoms with van der Waals surface area (Å²) in [6.07, 6.45) is 1.96. The lowest BCUT2D eigenvalue weighted by Crippen LogP contribution is -2.19. The van der Waals surface area contributed by atoms with E-state index in [1.54, 1.807) is 27.7 Å². The monoisotopic (exact) mass is 314 g/mol. The van der Waals surface area contributed by atoms with Gasteiger partial charge in [0.05, 0.1) is 38.3 Å². The molecule has 0 spiro atoms. The highest BCUT2D eigenvalue weighted by Gasteiger charge is 2.25. The fourth-order valence-corrected chi connectivity index (χ4v) is 1.35. The smallest absolute Gasteiger partial charge is 0.342 e. The Morgan fingerprint density at radius 1 is 0.727 bits per heavy atom. The lowest BCUT2D eigenvalue weighted by molar-refractivity contribution is -0.142. The normalized spacial score (nSPS) is 11.6. The van der Waals surface area contributed by atoms with Crippen molar-refractivity contribution in [3.05, 3.63) is 23.5 Å². The van der Waals surface area contributed by atoms with E-state index < -0.39 is 17.9 Å². The molecule has 7 heteroatoms. The zero-order valence-corrected chi connectivity index (χ0v) is 13.3. The van der Waals surface area contributed by atoms with E-state index in [0.29, 0.717) is 0 Å². The van der Waals surface area contributed by atoms with Crippen LogP contribution >= 0.6 is 0 Å². The van der Waals surface area contributed by atoms with Gasteiger partial charge in [-0.15, -0.1) is 0 Å². The van der Waals surface area contributed by atoms with E-state index in [9.17, 15) is 14.4 Å². The third-order valence-corrected chi connectivity index (χ3v) is 2.20. The number of hydrogen-bond acceptors (Lipinski definition) is 7. The summed E-state index contributed by atoms with van der Waals surface area (Å²) >= 11 is 0. The first-order chi connectivity index (χ1) is 10.5. The zero-order chi connectivity index (χ0) is 17.0. The van der Waals surface area contributed by atoms with Gasteiger partial charge in [-0.2, -0.15) is 0 Å². The Morgan fingerprint density at radius 3 is 1.68 bits per heavy atom. The van der Waals surface area contributed by atoms with Crippen LogP contribution in [0.3, 0.4) is 0 Å². The van der Waals surface area contributed by atoms with E-state index in [-0.39, 0.29) is 37.6 Å². The Hall–Kier alpha value is -2.31. The van der Waals surface area contributed by atoms with Crippen LogP contribution in [0, 0.1) is 0 Å². The second-order valence-corrected chi connectivity index (χ2v) is 3.74. The Bertz CT molecular complexity index is 449. The van der Waals surface area contributed by atoms with Crippen molar-refractivity contribution in [1.82, 2.24) is 0 Å². The summed E-state index contributed by atoms with van der Waals surface area (Å²) in [6, 6.07) is 0. The topological polar surface area (TPSA) is 88.1 Å². The predicted molar refractivity (Wildman–Crippen MR) is 77.7 cm³/mol. The van der Waals surface area contributed by atoms with E-state index in [0.717, 1.165) is 12.3 Å². The van der Waals surface area contributed by atoms with Gasteiger partial charge in [0.15, 0.2) is 0 Å². The van der Waals surface area contributed by atoms with E-state index in [4.69, 9.17) is 18.9 Å². The van der Waals surface area contributed by atoms with Crippen molar-refractivity contribution < 1.29 is 33.3 Å². The van der Waals surface area contributed by atoms with Gasteiger partial charge in [0.2, 0.25) is 0 Å². The number of rotatable bonds is 9. The van der Waals surface area contributed by atoms with E-state index in [1.807, 2.05) is 0 Å². The molecule has 0 heterocycles. The van der Waals surface area contributed by atoms with Crippen LogP contribution in [0.25, 0.3) is 0 Å². The summed E-state index contributed by atoms with van der Waals surface area (Å²) in [7, 11) is 0.